The zero-order chi connectivity index (χ0) is 14.5. The number of urea groups is 1. The molecule has 18 heavy (non-hydrogen) atoms. The number of carbonyl (C=O) groups excluding carboxylic acids is 1. The van der Waals surface area contributed by atoms with E-state index in [1.54, 1.807) is 34.0 Å². The van der Waals surface area contributed by atoms with Crippen molar-refractivity contribution in [2.45, 2.75) is 39.0 Å². The van der Waals surface area contributed by atoms with Crippen LogP contribution in [-0.4, -0.2) is 45.4 Å². The monoisotopic (exact) mass is 278 g/mol. The van der Waals surface area contributed by atoms with E-state index in [0.717, 1.165) is 0 Å². The second kappa shape index (κ2) is 6.72. The Balaban J connectivity index is 4.37. The molecular formula is C11H22N2O4S. The molecular weight excluding hydrogens is 256 g/mol. The van der Waals surface area contributed by atoms with Gasteiger partial charge in [0, 0.05) is 28.9 Å². The Hall–Kier alpha value is -1.11. The first-order valence-corrected chi connectivity index (χ1v) is 7.27. The molecule has 2 unspecified atom stereocenters. The summed E-state index contributed by atoms with van der Waals surface area (Å²) in [4.78, 5) is 22.6. The Morgan fingerprint density at radius 2 is 1.83 bits per heavy atom. The van der Waals surface area contributed by atoms with E-state index in [-0.39, 0.29) is 11.8 Å². The average Bonchev–Trinajstić information content (AvgIpc) is 2.20. The zero-order valence-electron chi connectivity index (χ0n) is 11.4. The van der Waals surface area contributed by atoms with E-state index in [0.29, 0.717) is 0 Å². The van der Waals surface area contributed by atoms with Gasteiger partial charge in [0.2, 0.25) is 0 Å². The van der Waals surface area contributed by atoms with Crippen molar-refractivity contribution in [2.75, 3.05) is 12.8 Å². The van der Waals surface area contributed by atoms with E-state index in [4.69, 9.17) is 5.11 Å². The third kappa shape index (κ3) is 6.00. The fraction of sp³-hybridized carbons (Fsp3) is 0.818. The van der Waals surface area contributed by atoms with Crippen LogP contribution in [0.15, 0.2) is 0 Å². The number of nitrogens with one attached hydrogen (secondary N) is 2. The van der Waals surface area contributed by atoms with Crippen LogP contribution in [0.25, 0.3) is 0 Å². The number of amides is 2. The predicted molar refractivity (Wildman–Crippen MR) is 70.9 cm³/mol. The quantitative estimate of drug-likeness (QED) is 0.684. The van der Waals surface area contributed by atoms with Crippen molar-refractivity contribution in [3.8, 4) is 0 Å². The van der Waals surface area contributed by atoms with Crippen LogP contribution in [0.5, 0.6) is 0 Å². The second-order valence-electron chi connectivity index (χ2n) is 5.30. The van der Waals surface area contributed by atoms with Crippen molar-refractivity contribution in [3.63, 3.8) is 0 Å². The first kappa shape index (κ1) is 16.9. The van der Waals surface area contributed by atoms with Crippen LogP contribution in [0.4, 0.5) is 4.79 Å². The highest BCUT2D eigenvalue weighted by Crippen LogP contribution is 2.19. The van der Waals surface area contributed by atoms with Crippen LogP contribution in [0.3, 0.4) is 0 Å². The number of carboxylic acids is 1. The third-order valence-corrected chi connectivity index (χ3v) is 3.81. The minimum atomic E-state index is -1.08. The molecule has 3 atom stereocenters. The van der Waals surface area contributed by atoms with Crippen molar-refractivity contribution in [3.05, 3.63) is 0 Å². The summed E-state index contributed by atoms with van der Waals surface area (Å²) in [6.45, 7) is 7.18. The maximum atomic E-state index is 11.5. The molecule has 0 saturated carbocycles. The van der Waals surface area contributed by atoms with Gasteiger partial charge in [0.25, 0.3) is 0 Å². The van der Waals surface area contributed by atoms with Gasteiger partial charge in [-0.2, -0.15) is 0 Å². The van der Waals surface area contributed by atoms with E-state index in [1.807, 2.05) is 0 Å². The van der Waals surface area contributed by atoms with Gasteiger partial charge in [0.1, 0.15) is 6.04 Å². The van der Waals surface area contributed by atoms with Crippen molar-refractivity contribution in [1.29, 1.82) is 0 Å². The molecule has 0 aliphatic carbocycles. The van der Waals surface area contributed by atoms with E-state index in [2.05, 4.69) is 10.6 Å². The van der Waals surface area contributed by atoms with Gasteiger partial charge in [-0.1, -0.05) is 20.8 Å². The minimum absolute atomic E-state index is 0.173. The summed E-state index contributed by atoms with van der Waals surface area (Å²) in [5, 5.41) is 13.8. The van der Waals surface area contributed by atoms with E-state index in [1.165, 1.54) is 0 Å². The first-order chi connectivity index (χ1) is 8.05. The molecule has 106 valence electrons. The number of rotatable bonds is 5. The molecule has 6 nitrogen and oxygen atoms in total. The second-order valence-corrected chi connectivity index (χ2v) is 7.10. The third-order valence-electron chi connectivity index (χ3n) is 2.51. The van der Waals surface area contributed by atoms with E-state index >= 15 is 0 Å². The summed E-state index contributed by atoms with van der Waals surface area (Å²) >= 11 is 0. The number of hydrogen-bond donors (Lipinski definition) is 3. The lowest BCUT2D eigenvalue weighted by Gasteiger charge is -2.27. The molecule has 0 aromatic rings. The molecule has 0 bridgehead atoms. The number of aliphatic carboxylic acids is 1. The minimum Gasteiger partial charge on any atom is -0.480 e. The molecule has 0 aromatic carbocycles. The molecule has 0 spiro atoms. The van der Waals surface area contributed by atoms with Crippen LogP contribution in [-0.2, 0) is 15.6 Å². The SMILES string of the molecule is CC(CNC(=O)N[C@@H](C(=O)O)C(C)(C)C)S(C)=O. The molecule has 0 saturated heterocycles. The highest BCUT2D eigenvalue weighted by molar-refractivity contribution is 7.84. The molecule has 0 fully saturated rings. The van der Waals surface area contributed by atoms with Gasteiger partial charge in [-0.15, -0.1) is 0 Å². The number of hydrogen-bond acceptors (Lipinski definition) is 3. The van der Waals surface area contributed by atoms with Gasteiger partial charge in [-0.05, 0) is 12.3 Å². The lowest BCUT2D eigenvalue weighted by atomic mass is 9.87. The van der Waals surface area contributed by atoms with Gasteiger partial charge in [-0.3, -0.25) is 4.21 Å². The largest absolute Gasteiger partial charge is 0.480 e. The topological polar surface area (TPSA) is 95.5 Å². The van der Waals surface area contributed by atoms with Crippen LogP contribution in [0, 0.1) is 5.41 Å². The van der Waals surface area contributed by atoms with Crippen LogP contribution < -0.4 is 10.6 Å². The fourth-order valence-electron chi connectivity index (χ4n) is 1.18. The molecule has 0 aliphatic heterocycles. The summed E-state index contributed by atoms with van der Waals surface area (Å²) in [6, 6.07) is -1.53. The van der Waals surface area contributed by atoms with Gasteiger partial charge >= 0.3 is 12.0 Å². The van der Waals surface area contributed by atoms with Crippen molar-refractivity contribution >= 4 is 22.8 Å². The van der Waals surface area contributed by atoms with Gasteiger partial charge in [0.05, 0.1) is 0 Å². The lowest BCUT2D eigenvalue weighted by molar-refractivity contribution is -0.141. The van der Waals surface area contributed by atoms with Crippen LogP contribution in [0.2, 0.25) is 0 Å². The molecule has 0 radical (unpaired) electrons. The summed E-state index contributed by atoms with van der Waals surface area (Å²) < 4.78 is 11.1. The smallest absolute Gasteiger partial charge is 0.326 e. The maximum Gasteiger partial charge on any atom is 0.326 e. The molecule has 3 N–H and O–H groups in total. The van der Waals surface area contributed by atoms with Crippen molar-refractivity contribution in [2.24, 2.45) is 5.41 Å². The first-order valence-electron chi connectivity index (χ1n) is 5.65. The molecule has 0 aromatic heterocycles. The maximum absolute atomic E-state index is 11.5. The zero-order valence-corrected chi connectivity index (χ0v) is 12.3. The normalized spacial score (nSPS) is 16.5. The van der Waals surface area contributed by atoms with Gasteiger partial charge < -0.3 is 15.7 Å². The Kier molecular flexibility index (Phi) is 6.31. The lowest BCUT2D eigenvalue weighted by Crippen LogP contribution is -2.53. The summed E-state index contributed by atoms with van der Waals surface area (Å²) in [5.41, 5.74) is -0.581. The Bertz CT molecular complexity index is 338. The van der Waals surface area contributed by atoms with Crippen LogP contribution >= 0.6 is 0 Å². The van der Waals surface area contributed by atoms with Gasteiger partial charge in [0.15, 0.2) is 0 Å². The number of carboxylic acid groups (broad SMARTS) is 1. The standard InChI is InChI=1S/C11H22N2O4S/c1-7(18(5)17)6-12-10(16)13-8(9(14)15)11(2,3)4/h7-8H,6H2,1-5H3,(H,14,15)(H2,12,13,16)/t7?,8-,18?/m0/s1. The van der Waals surface area contributed by atoms with Crippen molar-refractivity contribution in [1.82, 2.24) is 10.6 Å². The van der Waals surface area contributed by atoms with E-state index < -0.39 is 34.3 Å². The Morgan fingerprint density at radius 1 is 1.33 bits per heavy atom. The molecule has 0 aliphatic rings. The molecule has 0 heterocycles. The summed E-state index contributed by atoms with van der Waals surface area (Å²) in [6.07, 6.45) is 1.56. The summed E-state index contributed by atoms with van der Waals surface area (Å²) in [7, 11) is -1.02. The average molecular weight is 278 g/mol. The van der Waals surface area contributed by atoms with Gasteiger partial charge in [-0.25, -0.2) is 9.59 Å². The predicted octanol–water partition coefficient (Wildman–Crippen LogP) is 0.552. The molecule has 0 rings (SSSR count). The Labute approximate surface area is 110 Å². The Morgan fingerprint density at radius 3 is 2.17 bits per heavy atom. The highest BCUT2D eigenvalue weighted by Gasteiger charge is 2.32. The fourth-order valence-corrected chi connectivity index (χ4v) is 1.50. The van der Waals surface area contributed by atoms with E-state index in [9.17, 15) is 13.8 Å². The van der Waals surface area contributed by atoms with Crippen LogP contribution in [0.1, 0.15) is 27.7 Å². The number of carbonyl (C=O) groups is 2. The molecule has 2 amide bonds. The summed E-state index contributed by atoms with van der Waals surface area (Å²) in [5.74, 6) is -1.08. The van der Waals surface area contributed by atoms with Crippen molar-refractivity contribution < 1.29 is 18.9 Å². The highest BCUT2D eigenvalue weighted by atomic mass is 32.2. The molecule has 7 heteroatoms.